The second-order valence-corrected chi connectivity index (χ2v) is 6.34. The highest BCUT2D eigenvalue weighted by molar-refractivity contribution is 5.97. The lowest BCUT2D eigenvalue weighted by molar-refractivity contribution is -0.130. The second-order valence-electron chi connectivity index (χ2n) is 6.34. The van der Waals surface area contributed by atoms with Gasteiger partial charge in [-0.3, -0.25) is 9.59 Å². The summed E-state index contributed by atoms with van der Waals surface area (Å²) >= 11 is 0. The minimum Gasteiger partial charge on any atom is -0.493 e. The zero-order chi connectivity index (χ0) is 19.1. The Morgan fingerprint density at radius 2 is 2.04 bits per heavy atom. The van der Waals surface area contributed by atoms with Crippen LogP contribution in [0.15, 0.2) is 18.2 Å². The quantitative estimate of drug-likeness (QED) is 0.836. The molecule has 0 radical (unpaired) electrons. The van der Waals surface area contributed by atoms with Crippen molar-refractivity contribution in [2.45, 2.75) is 32.8 Å². The Bertz CT molecular complexity index is 640. The monoisotopic (exact) mass is 370 g/mol. The molecule has 1 aliphatic heterocycles. The van der Waals surface area contributed by atoms with Gasteiger partial charge in [0.05, 0.1) is 13.7 Å². The summed E-state index contributed by atoms with van der Waals surface area (Å²) in [5, 5.41) is 2.56. The summed E-state index contributed by atoms with van der Waals surface area (Å²) in [6, 6.07) is 3.87. The average Bonchev–Trinajstić information content (AvgIpc) is 2.83. The van der Waals surface area contributed by atoms with Crippen LogP contribution in [0.1, 0.15) is 36.5 Å². The first-order chi connectivity index (χ1) is 12.4. The normalized spacial score (nSPS) is 17.6. The number of ether oxygens (including phenoxy) is 2. The van der Waals surface area contributed by atoms with Gasteiger partial charge >= 0.3 is 6.61 Å². The van der Waals surface area contributed by atoms with Crippen molar-refractivity contribution in [1.82, 2.24) is 10.2 Å². The zero-order valence-corrected chi connectivity index (χ0v) is 15.0. The molecule has 0 bridgehead atoms. The van der Waals surface area contributed by atoms with Crippen LogP contribution in [-0.4, -0.2) is 50.1 Å². The highest BCUT2D eigenvalue weighted by Gasteiger charge is 2.20. The fourth-order valence-electron chi connectivity index (χ4n) is 2.88. The number of alkyl halides is 2. The number of hydrogen-bond donors (Lipinski definition) is 1. The van der Waals surface area contributed by atoms with Crippen molar-refractivity contribution < 1.29 is 27.8 Å². The average molecular weight is 370 g/mol. The first-order valence-corrected chi connectivity index (χ1v) is 8.59. The van der Waals surface area contributed by atoms with Crippen molar-refractivity contribution in [3.63, 3.8) is 0 Å². The molecule has 1 heterocycles. The Labute approximate surface area is 151 Å². The lowest BCUT2D eigenvalue weighted by Crippen LogP contribution is -2.40. The molecular formula is C18H24F2N2O4. The Morgan fingerprint density at radius 3 is 2.73 bits per heavy atom. The van der Waals surface area contributed by atoms with Gasteiger partial charge in [0, 0.05) is 18.7 Å². The van der Waals surface area contributed by atoms with E-state index >= 15 is 0 Å². The molecular weight excluding hydrogens is 346 g/mol. The van der Waals surface area contributed by atoms with Crippen LogP contribution in [-0.2, 0) is 4.79 Å². The molecule has 144 valence electrons. The predicted molar refractivity (Wildman–Crippen MR) is 91.6 cm³/mol. The highest BCUT2D eigenvalue weighted by atomic mass is 19.3. The van der Waals surface area contributed by atoms with Gasteiger partial charge in [-0.1, -0.05) is 6.92 Å². The van der Waals surface area contributed by atoms with Crippen LogP contribution >= 0.6 is 0 Å². The van der Waals surface area contributed by atoms with Crippen LogP contribution < -0.4 is 14.8 Å². The van der Waals surface area contributed by atoms with Gasteiger partial charge in [-0.25, -0.2) is 0 Å². The van der Waals surface area contributed by atoms with Crippen molar-refractivity contribution in [2.24, 2.45) is 5.92 Å². The van der Waals surface area contributed by atoms with Gasteiger partial charge in [-0.2, -0.15) is 8.78 Å². The molecule has 6 nitrogen and oxygen atoms in total. The Morgan fingerprint density at radius 1 is 1.27 bits per heavy atom. The van der Waals surface area contributed by atoms with Gasteiger partial charge < -0.3 is 19.7 Å². The van der Waals surface area contributed by atoms with Crippen LogP contribution in [0.2, 0.25) is 0 Å². The predicted octanol–water partition coefficient (Wildman–Crippen LogP) is 2.68. The van der Waals surface area contributed by atoms with E-state index in [2.05, 4.69) is 17.0 Å². The van der Waals surface area contributed by atoms with Gasteiger partial charge in [0.1, 0.15) is 0 Å². The topological polar surface area (TPSA) is 67.9 Å². The number of nitrogens with one attached hydrogen (secondary N) is 1. The van der Waals surface area contributed by atoms with Crippen molar-refractivity contribution in [3.05, 3.63) is 23.8 Å². The van der Waals surface area contributed by atoms with Gasteiger partial charge in [-0.05, 0) is 43.4 Å². The van der Waals surface area contributed by atoms with Crippen LogP contribution in [0.5, 0.6) is 11.5 Å². The summed E-state index contributed by atoms with van der Waals surface area (Å²) < 4.78 is 34.0. The molecule has 2 amide bonds. The molecule has 1 fully saturated rings. The lowest BCUT2D eigenvalue weighted by atomic mass is 10.0. The second kappa shape index (κ2) is 9.35. The first-order valence-electron chi connectivity index (χ1n) is 8.59. The lowest BCUT2D eigenvalue weighted by Gasteiger charge is -2.20. The molecule has 1 saturated heterocycles. The van der Waals surface area contributed by atoms with Crippen LogP contribution in [0, 0.1) is 5.92 Å². The highest BCUT2D eigenvalue weighted by Crippen LogP contribution is 2.29. The maximum Gasteiger partial charge on any atom is 0.387 e. The maximum absolute atomic E-state index is 12.3. The number of likely N-dealkylation sites (tertiary alicyclic amines) is 1. The van der Waals surface area contributed by atoms with E-state index in [9.17, 15) is 18.4 Å². The van der Waals surface area contributed by atoms with Gasteiger partial charge in [0.25, 0.3) is 5.91 Å². The summed E-state index contributed by atoms with van der Waals surface area (Å²) in [7, 11) is 1.29. The third-order valence-corrected chi connectivity index (χ3v) is 4.41. The van der Waals surface area contributed by atoms with E-state index in [4.69, 9.17) is 4.74 Å². The largest absolute Gasteiger partial charge is 0.493 e. The van der Waals surface area contributed by atoms with Gasteiger partial charge in [0.2, 0.25) is 5.91 Å². The molecule has 1 N–H and O–H groups in total. The standard InChI is InChI=1S/C18H24F2N2O4/c1-12-4-3-8-22(9-7-12)16(23)11-21-17(24)13-5-6-14(26-18(19)20)15(10-13)25-2/h5-6,10,12,18H,3-4,7-9,11H2,1-2H3,(H,21,24). The van der Waals surface area contributed by atoms with Crippen molar-refractivity contribution in [2.75, 3.05) is 26.7 Å². The zero-order valence-electron chi connectivity index (χ0n) is 15.0. The van der Waals surface area contributed by atoms with Crippen molar-refractivity contribution in [1.29, 1.82) is 0 Å². The van der Waals surface area contributed by atoms with Crippen LogP contribution in [0.3, 0.4) is 0 Å². The SMILES string of the molecule is COc1cc(C(=O)NCC(=O)N2CCCC(C)CC2)ccc1OC(F)F. The molecule has 0 aromatic heterocycles. The Balaban J connectivity index is 1.93. The molecule has 0 spiro atoms. The molecule has 2 rings (SSSR count). The summed E-state index contributed by atoms with van der Waals surface area (Å²) in [4.78, 5) is 26.3. The smallest absolute Gasteiger partial charge is 0.387 e. The number of methoxy groups -OCH3 is 1. The number of hydrogen-bond acceptors (Lipinski definition) is 4. The van der Waals surface area contributed by atoms with Gasteiger partial charge in [-0.15, -0.1) is 0 Å². The van der Waals surface area contributed by atoms with E-state index in [-0.39, 0.29) is 29.5 Å². The van der Waals surface area contributed by atoms with E-state index in [0.29, 0.717) is 19.0 Å². The van der Waals surface area contributed by atoms with Crippen molar-refractivity contribution >= 4 is 11.8 Å². The van der Waals surface area contributed by atoms with E-state index in [1.807, 2.05) is 0 Å². The van der Waals surface area contributed by atoms with Gasteiger partial charge in [0.15, 0.2) is 11.5 Å². The number of halogens is 2. The third kappa shape index (κ3) is 5.57. The molecule has 1 unspecified atom stereocenters. The Kier molecular flexibility index (Phi) is 7.17. The molecule has 8 heteroatoms. The Hall–Kier alpha value is -2.38. The molecule has 0 aliphatic carbocycles. The summed E-state index contributed by atoms with van der Waals surface area (Å²) in [5.74, 6) is -0.149. The number of benzene rings is 1. The number of nitrogens with zero attached hydrogens (tertiary/aromatic N) is 1. The molecule has 26 heavy (non-hydrogen) atoms. The van der Waals surface area contributed by atoms with Crippen LogP contribution in [0.25, 0.3) is 0 Å². The fraction of sp³-hybridized carbons (Fsp3) is 0.556. The number of amides is 2. The van der Waals surface area contributed by atoms with E-state index < -0.39 is 12.5 Å². The van der Waals surface area contributed by atoms with E-state index in [1.54, 1.807) is 4.90 Å². The molecule has 1 aromatic rings. The maximum atomic E-state index is 12.3. The molecule has 0 saturated carbocycles. The van der Waals surface area contributed by atoms with Crippen LogP contribution in [0.4, 0.5) is 8.78 Å². The van der Waals surface area contributed by atoms with E-state index in [0.717, 1.165) is 19.3 Å². The summed E-state index contributed by atoms with van der Waals surface area (Å²) in [6.07, 6.45) is 3.02. The molecule has 1 atom stereocenters. The summed E-state index contributed by atoms with van der Waals surface area (Å²) in [6.45, 7) is 0.475. The number of carbonyl (C=O) groups is 2. The minimum atomic E-state index is -2.99. The molecule has 1 aliphatic rings. The first kappa shape index (κ1) is 19.9. The van der Waals surface area contributed by atoms with E-state index in [1.165, 1.54) is 25.3 Å². The molecule has 1 aromatic carbocycles. The third-order valence-electron chi connectivity index (χ3n) is 4.41. The number of rotatable bonds is 6. The van der Waals surface area contributed by atoms with Crippen molar-refractivity contribution in [3.8, 4) is 11.5 Å². The summed E-state index contributed by atoms with van der Waals surface area (Å²) in [5.41, 5.74) is 0.195. The fourth-order valence-corrected chi connectivity index (χ4v) is 2.88. The number of carbonyl (C=O) groups excluding carboxylic acids is 2. The minimum absolute atomic E-state index is 0.0192.